The van der Waals surface area contributed by atoms with Gasteiger partial charge in [-0.05, 0) is 46.9 Å². The average Bonchev–Trinajstić information content (AvgIpc) is 1.88. The maximum absolute atomic E-state index is 5.36. The summed E-state index contributed by atoms with van der Waals surface area (Å²) in [6, 6.07) is 7.74. The van der Waals surface area contributed by atoms with Crippen molar-refractivity contribution in [2.45, 2.75) is 0 Å². The molecule has 0 amide bonds. The highest BCUT2D eigenvalue weighted by Gasteiger charge is 1.98. The molecule has 3 heteroatoms. The smallest absolute Gasteiger partial charge is 0.270 e. The Bertz CT molecular complexity index is 240. The average molecular weight is 247 g/mol. The number of amidine groups is 1. The van der Waals surface area contributed by atoms with Crippen LogP contribution in [0, 0.1) is 3.57 Å². The molecule has 0 saturated heterocycles. The van der Waals surface area contributed by atoms with E-state index in [0.29, 0.717) is 5.84 Å². The van der Waals surface area contributed by atoms with Crippen molar-refractivity contribution in [2.24, 2.45) is 5.73 Å². The highest BCUT2D eigenvalue weighted by Crippen LogP contribution is 2.04. The molecule has 4 N–H and O–H groups in total. The second kappa shape index (κ2) is 3.01. The summed E-state index contributed by atoms with van der Waals surface area (Å²) in [7, 11) is 0. The number of benzene rings is 1. The summed E-state index contributed by atoms with van der Waals surface area (Å²) < 4.78 is 1.18. The Morgan fingerprint density at radius 1 is 1.30 bits per heavy atom. The van der Waals surface area contributed by atoms with Crippen LogP contribution in [0.4, 0.5) is 0 Å². The Morgan fingerprint density at radius 2 is 1.80 bits per heavy atom. The highest BCUT2D eigenvalue weighted by atomic mass is 127. The molecule has 0 atom stereocenters. The van der Waals surface area contributed by atoms with Crippen LogP contribution in [0.15, 0.2) is 24.3 Å². The molecule has 1 rings (SSSR count). The van der Waals surface area contributed by atoms with Crippen LogP contribution in [0.2, 0.25) is 0 Å². The molecular formula is C7H8IN2+. The van der Waals surface area contributed by atoms with Gasteiger partial charge in [-0.15, -0.1) is 0 Å². The number of hydrogen-bond donors (Lipinski definition) is 2. The van der Waals surface area contributed by atoms with Gasteiger partial charge in [-0.2, -0.15) is 0 Å². The van der Waals surface area contributed by atoms with Gasteiger partial charge in [-0.3, -0.25) is 11.1 Å². The van der Waals surface area contributed by atoms with Crippen LogP contribution >= 0.6 is 22.6 Å². The normalized spacial score (nSPS) is 9.30. The van der Waals surface area contributed by atoms with Gasteiger partial charge in [0.25, 0.3) is 5.84 Å². The summed E-state index contributed by atoms with van der Waals surface area (Å²) in [6.45, 7) is 0. The van der Waals surface area contributed by atoms with Crippen LogP contribution in [0.3, 0.4) is 0 Å². The van der Waals surface area contributed by atoms with Crippen LogP contribution in [0.25, 0.3) is 0 Å². The second-order valence-corrected chi connectivity index (χ2v) is 3.21. The lowest BCUT2D eigenvalue weighted by Crippen LogP contribution is -2.46. The van der Waals surface area contributed by atoms with Crippen molar-refractivity contribution < 1.29 is 5.41 Å². The Balaban J connectivity index is 3.00. The van der Waals surface area contributed by atoms with E-state index >= 15 is 0 Å². The zero-order valence-corrected chi connectivity index (χ0v) is 7.50. The quantitative estimate of drug-likeness (QED) is 0.401. The third kappa shape index (κ3) is 1.70. The van der Waals surface area contributed by atoms with Gasteiger partial charge in [0.05, 0.1) is 5.56 Å². The summed E-state index contributed by atoms with van der Waals surface area (Å²) in [5.41, 5.74) is 6.25. The molecule has 0 heterocycles. The van der Waals surface area contributed by atoms with E-state index < -0.39 is 0 Å². The third-order valence-electron chi connectivity index (χ3n) is 1.18. The Morgan fingerprint density at radius 3 is 2.20 bits per heavy atom. The zero-order valence-electron chi connectivity index (χ0n) is 5.34. The SMILES string of the molecule is NC(=[NH2+])c1ccc(I)cc1. The van der Waals surface area contributed by atoms with Crippen molar-refractivity contribution in [1.82, 2.24) is 0 Å². The Hall–Kier alpha value is -0.580. The fourth-order valence-corrected chi connectivity index (χ4v) is 1.00. The summed E-state index contributed by atoms with van der Waals surface area (Å²) in [5.74, 6) is 0.372. The topological polar surface area (TPSA) is 51.6 Å². The zero-order chi connectivity index (χ0) is 7.56. The van der Waals surface area contributed by atoms with Gasteiger partial charge < -0.3 is 0 Å². The second-order valence-electron chi connectivity index (χ2n) is 1.96. The molecule has 0 saturated carbocycles. The third-order valence-corrected chi connectivity index (χ3v) is 1.90. The predicted octanol–water partition coefficient (Wildman–Crippen LogP) is -0.244. The monoisotopic (exact) mass is 247 g/mol. The molecule has 1 aromatic rings. The van der Waals surface area contributed by atoms with Gasteiger partial charge in [-0.1, -0.05) is 0 Å². The van der Waals surface area contributed by atoms with Crippen molar-refractivity contribution in [2.75, 3.05) is 0 Å². The van der Waals surface area contributed by atoms with E-state index in [2.05, 4.69) is 22.6 Å². The maximum atomic E-state index is 5.36. The summed E-state index contributed by atoms with van der Waals surface area (Å²) in [6.07, 6.45) is 0. The number of nitrogens with two attached hydrogens (primary N) is 2. The predicted molar refractivity (Wildman–Crippen MR) is 49.4 cm³/mol. The minimum absolute atomic E-state index is 0.372. The van der Waals surface area contributed by atoms with Gasteiger partial charge in [0.2, 0.25) is 0 Å². The minimum atomic E-state index is 0.372. The van der Waals surface area contributed by atoms with Crippen molar-refractivity contribution in [3.8, 4) is 0 Å². The molecule has 0 aliphatic carbocycles. The first-order chi connectivity index (χ1) is 4.70. The lowest BCUT2D eigenvalue weighted by atomic mass is 10.2. The van der Waals surface area contributed by atoms with Crippen molar-refractivity contribution in [3.05, 3.63) is 33.4 Å². The molecular weight excluding hydrogens is 239 g/mol. The van der Waals surface area contributed by atoms with Crippen molar-refractivity contribution >= 4 is 28.4 Å². The number of halogens is 1. The Kier molecular flexibility index (Phi) is 2.26. The fourth-order valence-electron chi connectivity index (χ4n) is 0.642. The lowest BCUT2D eigenvalue weighted by Gasteiger charge is -1.91. The van der Waals surface area contributed by atoms with E-state index in [1.807, 2.05) is 24.3 Å². The van der Waals surface area contributed by atoms with Crippen LogP contribution in [0.1, 0.15) is 5.56 Å². The molecule has 0 aliphatic rings. The molecule has 0 aliphatic heterocycles. The molecule has 0 aromatic heterocycles. The van der Waals surface area contributed by atoms with E-state index in [9.17, 15) is 0 Å². The van der Waals surface area contributed by atoms with Gasteiger partial charge in [0.15, 0.2) is 0 Å². The van der Waals surface area contributed by atoms with Gasteiger partial charge in [0.1, 0.15) is 0 Å². The summed E-state index contributed by atoms with van der Waals surface area (Å²) >= 11 is 2.23. The molecule has 0 radical (unpaired) electrons. The van der Waals surface area contributed by atoms with Crippen LogP contribution in [-0.4, -0.2) is 5.84 Å². The summed E-state index contributed by atoms with van der Waals surface area (Å²) in [5, 5.41) is 5.36. The lowest BCUT2D eigenvalue weighted by molar-refractivity contribution is -0.114. The van der Waals surface area contributed by atoms with E-state index in [4.69, 9.17) is 11.1 Å². The van der Waals surface area contributed by atoms with Gasteiger partial charge in [0, 0.05) is 3.57 Å². The molecule has 0 unspecified atom stereocenters. The molecule has 2 nitrogen and oxygen atoms in total. The first-order valence-corrected chi connectivity index (χ1v) is 3.92. The van der Waals surface area contributed by atoms with Crippen molar-refractivity contribution in [3.63, 3.8) is 0 Å². The van der Waals surface area contributed by atoms with Crippen LogP contribution < -0.4 is 11.1 Å². The maximum Gasteiger partial charge on any atom is 0.270 e. The standard InChI is InChI=1S/C7H7IN2/c8-6-3-1-5(2-4-6)7(9)10/h1-4H,(H3,9,10)/p+1. The highest BCUT2D eigenvalue weighted by molar-refractivity contribution is 14.1. The van der Waals surface area contributed by atoms with E-state index in [0.717, 1.165) is 5.56 Å². The van der Waals surface area contributed by atoms with E-state index in [1.54, 1.807) is 0 Å². The summed E-state index contributed by atoms with van der Waals surface area (Å²) in [4.78, 5) is 0. The number of rotatable bonds is 1. The fraction of sp³-hybridized carbons (Fsp3) is 0. The Labute approximate surface area is 73.1 Å². The minimum Gasteiger partial charge on any atom is -0.287 e. The molecule has 52 valence electrons. The molecule has 0 spiro atoms. The van der Waals surface area contributed by atoms with Crippen LogP contribution in [0.5, 0.6) is 0 Å². The molecule has 10 heavy (non-hydrogen) atoms. The first-order valence-electron chi connectivity index (χ1n) is 2.84. The number of hydrogen-bond acceptors (Lipinski definition) is 0. The van der Waals surface area contributed by atoms with E-state index in [-0.39, 0.29) is 0 Å². The van der Waals surface area contributed by atoms with Crippen LogP contribution in [-0.2, 0) is 0 Å². The molecule has 0 fully saturated rings. The molecule has 0 bridgehead atoms. The van der Waals surface area contributed by atoms with E-state index in [1.165, 1.54) is 3.57 Å². The molecule has 1 aromatic carbocycles. The van der Waals surface area contributed by atoms with Gasteiger partial charge >= 0.3 is 0 Å². The van der Waals surface area contributed by atoms with Crippen molar-refractivity contribution in [1.29, 1.82) is 0 Å². The van der Waals surface area contributed by atoms with Gasteiger partial charge in [-0.25, -0.2) is 0 Å². The largest absolute Gasteiger partial charge is 0.287 e. The first kappa shape index (κ1) is 7.53.